The predicted molar refractivity (Wildman–Crippen MR) is 81.3 cm³/mol. The Morgan fingerprint density at radius 2 is 2.10 bits per heavy atom. The van der Waals surface area contributed by atoms with E-state index in [4.69, 9.17) is 0 Å². The molecule has 3 rings (SSSR count). The molecule has 1 N–H and O–H groups in total. The number of thiophene rings is 1. The fourth-order valence-electron chi connectivity index (χ4n) is 1.82. The van der Waals surface area contributed by atoms with Crippen LogP contribution in [0.25, 0.3) is 10.1 Å². The number of anilines is 1. The van der Waals surface area contributed by atoms with Gasteiger partial charge in [0.15, 0.2) is 5.13 Å². The van der Waals surface area contributed by atoms with Crippen LogP contribution in [-0.2, 0) is 0 Å². The summed E-state index contributed by atoms with van der Waals surface area (Å²) in [6.45, 7) is 3.85. The lowest BCUT2D eigenvalue weighted by Crippen LogP contribution is -2.09. The molecule has 0 aliphatic rings. The topological polar surface area (TPSA) is 42.0 Å². The first-order valence-corrected chi connectivity index (χ1v) is 7.61. The number of carbonyl (C=O) groups is 1. The number of aromatic nitrogens is 1. The van der Waals surface area contributed by atoms with Crippen LogP contribution in [0.15, 0.2) is 24.3 Å². The number of halogens is 1. The smallest absolute Gasteiger partial charge is 0.267 e. The van der Waals surface area contributed by atoms with Gasteiger partial charge in [0.2, 0.25) is 0 Å². The summed E-state index contributed by atoms with van der Waals surface area (Å²) >= 11 is 2.71. The average molecular weight is 306 g/mol. The highest BCUT2D eigenvalue weighted by molar-refractivity contribution is 7.21. The first-order chi connectivity index (χ1) is 9.54. The van der Waals surface area contributed by atoms with Gasteiger partial charge in [-0.05, 0) is 32.0 Å². The monoisotopic (exact) mass is 306 g/mol. The molecule has 6 heteroatoms. The minimum Gasteiger partial charge on any atom is -0.297 e. The highest BCUT2D eigenvalue weighted by Crippen LogP contribution is 2.29. The van der Waals surface area contributed by atoms with Crippen LogP contribution >= 0.6 is 22.7 Å². The summed E-state index contributed by atoms with van der Waals surface area (Å²) in [4.78, 5) is 18.0. The summed E-state index contributed by atoms with van der Waals surface area (Å²) in [5.41, 5.74) is 0.910. The molecule has 0 aliphatic heterocycles. The number of thiazole rings is 1. The second kappa shape index (κ2) is 4.96. The number of nitrogens with one attached hydrogen (secondary N) is 1. The molecule has 3 aromatic rings. The van der Waals surface area contributed by atoms with Gasteiger partial charge < -0.3 is 0 Å². The van der Waals surface area contributed by atoms with Gasteiger partial charge >= 0.3 is 0 Å². The molecule has 1 amide bonds. The van der Waals surface area contributed by atoms with Crippen molar-refractivity contribution in [2.45, 2.75) is 13.8 Å². The molecule has 0 bridgehead atoms. The van der Waals surface area contributed by atoms with Gasteiger partial charge in [0.25, 0.3) is 5.91 Å². The molecule has 2 heterocycles. The van der Waals surface area contributed by atoms with E-state index in [0.29, 0.717) is 15.4 Å². The van der Waals surface area contributed by atoms with E-state index in [9.17, 15) is 9.18 Å². The van der Waals surface area contributed by atoms with Crippen molar-refractivity contribution in [3.63, 3.8) is 0 Å². The molecule has 0 saturated heterocycles. The molecule has 0 saturated carbocycles. The SMILES string of the molecule is Cc1nc(NC(=O)c2cc3c(F)cccc3s2)sc1C. The zero-order chi connectivity index (χ0) is 14.3. The van der Waals surface area contributed by atoms with Crippen molar-refractivity contribution >= 4 is 43.8 Å². The summed E-state index contributed by atoms with van der Waals surface area (Å²) in [5, 5.41) is 3.81. The Morgan fingerprint density at radius 1 is 1.30 bits per heavy atom. The van der Waals surface area contributed by atoms with Gasteiger partial charge in [0, 0.05) is 15.0 Å². The third kappa shape index (κ3) is 2.32. The summed E-state index contributed by atoms with van der Waals surface area (Å²) < 4.78 is 14.4. The van der Waals surface area contributed by atoms with Gasteiger partial charge in [-0.25, -0.2) is 9.37 Å². The molecule has 1 aromatic carbocycles. The number of hydrogen-bond donors (Lipinski definition) is 1. The van der Waals surface area contributed by atoms with Gasteiger partial charge in [-0.2, -0.15) is 0 Å². The summed E-state index contributed by atoms with van der Waals surface area (Å²) in [5.74, 6) is -0.557. The number of aryl methyl sites for hydroxylation is 2. The van der Waals surface area contributed by atoms with Gasteiger partial charge in [0.1, 0.15) is 5.82 Å². The van der Waals surface area contributed by atoms with Crippen molar-refractivity contribution in [1.82, 2.24) is 4.98 Å². The second-order valence-corrected chi connectivity index (χ2v) is 6.66. The normalized spacial score (nSPS) is 10.9. The molecule has 0 radical (unpaired) electrons. The van der Waals surface area contributed by atoms with E-state index in [1.807, 2.05) is 13.8 Å². The standard InChI is InChI=1S/C14H11FN2OS2/c1-7-8(2)19-14(16-7)17-13(18)12-6-9-10(15)4-3-5-11(9)20-12/h3-6H,1-2H3,(H,16,17,18). The summed E-state index contributed by atoms with van der Waals surface area (Å²) in [6.07, 6.45) is 0. The van der Waals surface area contributed by atoms with Crippen molar-refractivity contribution < 1.29 is 9.18 Å². The molecule has 2 aromatic heterocycles. The number of benzene rings is 1. The van der Waals surface area contributed by atoms with E-state index < -0.39 is 0 Å². The first-order valence-electron chi connectivity index (χ1n) is 5.98. The maximum atomic E-state index is 13.6. The van der Waals surface area contributed by atoms with Crippen LogP contribution in [0, 0.1) is 19.7 Å². The van der Waals surface area contributed by atoms with Crippen LogP contribution in [0.2, 0.25) is 0 Å². The third-order valence-electron chi connectivity index (χ3n) is 2.98. The molecule has 0 spiro atoms. The number of amides is 1. The number of nitrogens with zero attached hydrogens (tertiary/aromatic N) is 1. The van der Waals surface area contributed by atoms with Crippen LogP contribution < -0.4 is 5.32 Å². The highest BCUT2D eigenvalue weighted by Gasteiger charge is 2.14. The van der Waals surface area contributed by atoms with Crippen LogP contribution in [0.4, 0.5) is 9.52 Å². The molecule has 0 unspecified atom stereocenters. The lowest BCUT2D eigenvalue weighted by atomic mass is 10.2. The second-order valence-electron chi connectivity index (χ2n) is 4.38. The third-order valence-corrected chi connectivity index (χ3v) is 5.07. The molecule has 3 nitrogen and oxygen atoms in total. The number of hydrogen-bond acceptors (Lipinski definition) is 4. The Bertz CT molecular complexity index is 787. The molecule has 102 valence electrons. The predicted octanol–water partition coefficient (Wildman–Crippen LogP) is 4.37. The Labute approximate surface area is 123 Å². The maximum Gasteiger partial charge on any atom is 0.267 e. The van der Waals surface area contributed by atoms with Crippen LogP contribution in [0.1, 0.15) is 20.2 Å². The Kier molecular flexibility index (Phi) is 3.27. The lowest BCUT2D eigenvalue weighted by molar-refractivity contribution is 0.103. The van der Waals surface area contributed by atoms with E-state index in [2.05, 4.69) is 10.3 Å². The molecular formula is C14H11FN2OS2. The van der Waals surface area contributed by atoms with E-state index in [-0.39, 0.29) is 11.7 Å². The van der Waals surface area contributed by atoms with Crippen LogP contribution in [0.5, 0.6) is 0 Å². The summed E-state index contributed by atoms with van der Waals surface area (Å²) in [7, 11) is 0. The van der Waals surface area contributed by atoms with Crippen molar-refractivity contribution in [1.29, 1.82) is 0 Å². The minimum atomic E-state index is -0.307. The van der Waals surface area contributed by atoms with E-state index in [1.165, 1.54) is 28.7 Å². The fraction of sp³-hybridized carbons (Fsp3) is 0.143. The molecular weight excluding hydrogens is 295 g/mol. The lowest BCUT2D eigenvalue weighted by Gasteiger charge is -1.97. The summed E-state index contributed by atoms with van der Waals surface area (Å²) in [6, 6.07) is 6.42. The van der Waals surface area contributed by atoms with E-state index in [0.717, 1.165) is 15.3 Å². The van der Waals surface area contributed by atoms with E-state index in [1.54, 1.807) is 18.2 Å². The highest BCUT2D eigenvalue weighted by atomic mass is 32.1. The Balaban J connectivity index is 1.90. The molecule has 0 atom stereocenters. The van der Waals surface area contributed by atoms with Gasteiger partial charge in [-0.3, -0.25) is 10.1 Å². The average Bonchev–Trinajstić information content (AvgIpc) is 2.95. The number of rotatable bonds is 2. The van der Waals surface area contributed by atoms with Gasteiger partial charge in [-0.1, -0.05) is 6.07 Å². The van der Waals surface area contributed by atoms with Crippen molar-refractivity contribution in [3.8, 4) is 0 Å². The first kappa shape index (κ1) is 13.2. The molecule has 0 fully saturated rings. The van der Waals surface area contributed by atoms with E-state index >= 15 is 0 Å². The largest absolute Gasteiger partial charge is 0.297 e. The minimum absolute atomic E-state index is 0.251. The quantitative estimate of drug-likeness (QED) is 0.764. The number of fused-ring (bicyclic) bond motifs is 1. The van der Waals surface area contributed by atoms with Gasteiger partial charge in [0.05, 0.1) is 10.6 Å². The Morgan fingerprint density at radius 3 is 2.75 bits per heavy atom. The Hall–Kier alpha value is -1.79. The van der Waals surface area contributed by atoms with Crippen molar-refractivity contribution in [2.75, 3.05) is 5.32 Å². The zero-order valence-corrected chi connectivity index (χ0v) is 12.5. The maximum absolute atomic E-state index is 13.6. The molecule has 20 heavy (non-hydrogen) atoms. The van der Waals surface area contributed by atoms with Crippen molar-refractivity contribution in [2.24, 2.45) is 0 Å². The number of carbonyl (C=O) groups excluding carboxylic acids is 1. The van der Waals surface area contributed by atoms with Gasteiger partial charge in [-0.15, -0.1) is 22.7 Å². The van der Waals surface area contributed by atoms with Crippen molar-refractivity contribution in [3.05, 3.63) is 45.5 Å². The van der Waals surface area contributed by atoms with Crippen LogP contribution in [0.3, 0.4) is 0 Å². The molecule has 0 aliphatic carbocycles. The zero-order valence-electron chi connectivity index (χ0n) is 10.9. The van der Waals surface area contributed by atoms with Crippen LogP contribution in [-0.4, -0.2) is 10.9 Å². The fourth-order valence-corrected chi connectivity index (χ4v) is 3.60.